The van der Waals surface area contributed by atoms with Crippen molar-refractivity contribution in [1.29, 1.82) is 0 Å². The molecule has 0 aliphatic heterocycles. The molecule has 0 radical (unpaired) electrons. The fourth-order valence-corrected chi connectivity index (χ4v) is 2.63. The van der Waals surface area contributed by atoms with Gasteiger partial charge in [0, 0.05) is 27.6 Å². The third-order valence-corrected chi connectivity index (χ3v) is 4.15. The number of aliphatic hydroxyl groups excluding tert-OH is 1. The van der Waals surface area contributed by atoms with Gasteiger partial charge in [-0.3, -0.25) is 0 Å². The van der Waals surface area contributed by atoms with Crippen LogP contribution in [0.15, 0.2) is 48.5 Å². The van der Waals surface area contributed by atoms with Gasteiger partial charge in [-0.15, -0.1) is 0 Å². The fraction of sp³-hybridized carbons (Fsp3) is 0.250. The summed E-state index contributed by atoms with van der Waals surface area (Å²) in [7, 11) is 0. The molecule has 4 heteroatoms. The fourth-order valence-electron chi connectivity index (χ4n) is 2.14. The maximum atomic E-state index is 8.91. The van der Waals surface area contributed by atoms with Crippen molar-refractivity contribution in [1.82, 2.24) is 5.32 Å². The smallest absolute Gasteiger partial charge is 0.0555 e. The van der Waals surface area contributed by atoms with E-state index in [1.54, 1.807) is 0 Å². The van der Waals surface area contributed by atoms with E-state index in [9.17, 15) is 0 Å². The summed E-state index contributed by atoms with van der Waals surface area (Å²) in [6, 6.07) is 16.5. The van der Waals surface area contributed by atoms with Gasteiger partial charge in [0.1, 0.15) is 0 Å². The van der Waals surface area contributed by atoms with Crippen molar-refractivity contribution in [3.05, 3.63) is 68.3 Å². The van der Waals surface area contributed by atoms with Crippen molar-refractivity contribution in [2.75, 3.05) is 19.7 Å². The topological polar surface area (TPSA) is 32.3 Å². The monoisotopic (exact) mass is 401 g/mol. The lowest BCUT2D eigenvalue weighted by Gasteiger charge is -2.19. The van der Waals surface area contributed by atoms with Crippen LogP contribution in [0.1, 0.15) is 17.0 Å². The molecule has 2 aromatic rings. The van der Waals surface area contributed by atoms with E-state index in [2.05, 4.69) is 64.3 Å². The molecule has 0 heterocycles. The lowest BCUT2D eigenvalue weighted by atomic mass is 9.91. The molecule has 1 unspecified atom stereocenters. The zero-order valence-electron chi connectivity index (χ0n) is 11.0. The van der Waals surface area contributed by atoms with E-state index < -0.39 is 0 Å². The van der Waals surface area contributed by atoms with Gasteiger partial charge in [0.25, 0.3) is 0 Å². The molecule has 0 saturated heterocycles. The van der Waals surface area contributed by atoms with Crippen LogP contribution in [-0.2, 0) is 0 Å². The average Bonchev–Trinajstić information content (AvgIpc) is 2.46. The summed E-state index contributed by atoms with van der Waals surface area (Å²) >= 11 is 8.27. The first-order valence-corrected chi connectivity index (χ1v) is 7.99. The first-order valence-electron chi connectivity index (χ1n) is 6.53. The van der Waals surface area contributed by atoms with Gasteiger partial charge in [-0.2, -0.15) is 0 Å². The second kappa shape index (κ2) is 7.98. The zero-order chi connectivity index (χ0) is 14.4. The molecule has 1 atom stereocenters. The van der Waals surface area contributed by atoms with Crippen LogP contribution in [0.5, 0.6) is 0 Å². The van der Waals surface area contributed by atoms with Crippen molar-refractivity contribution < 1.29 is 5.11 Å². The summed E-state index contributed by atoms with van der Waals surface area (Å²) in [5.74, 6) is 0.260. The summed E-state index contributed by atoms with van der Waals surface area (Å²) < 4.78 is 1.23. The van der Waals surface area contributed by atoms with Crippen molar-refractivity contribution >= 4 is 34.2 Å². The highest BCUT2D eigenvalue weighted by atomic mass is 127. The summed E-state index contributed by atoms with van der Waals surface area (Å²) in [6.45, 7) is 1.55. The Morgan fingerprint density at radius 2 is 1.55 bits per heavy atom. The maximum absolute atomic E-state index is 8.91. The Balaban J connectivity index is 2.23. The molecular weight excluding hydrogens is 385 g/mol. The zero-order valence-corrected chi connectivity index (χ0v) is 13.9. The van der Waals surface area contributed by atoms with E-state index in [1.165, 1.54) is 14.7 Å². The number of nitrogens with one attached hydrogen (secondary N) is 1. The Hall–Kier alpha value is -0.620. The second-order valence-electron chi connectivity index (χ2n) is 4.58. The summed E-state index contributed by atoms with van der Waals surface area (Å²) in [6.07, 6.45) is 0. The predicted octanol–water partition coefficient (Wildman–Crippen LogP) is 3.66. The van der Waals surface area contributed by atoms with E-state index in [1.807, 2.05) is 12.1 Å². The first-order chi connectivity index (χ1) is 9.70. The standard InChI is InChI=1S/C16H17ClINO/c17-14-5-1-12(2-6-14)16(11-19-9-10-20)13-3-7-15(18)8-4-13/h1-8,16,19-20H,9-11H2. The molecule has 0 fully saturated rings. The number of benzene rings is 2. The number of hydrogen-bond donors (Lipinski definition) is 2. The van der Waals surface area contributed by atoms with Crippen LogP contribution < -0.4 is 5.32 Å². The lowest BCUT2D eigenvalue weighted by Crippen LogP contribution is -2.25. The molecule has 106 valence electrons. The van der Waals surface area contributed by atoms with Gasteiger partial charge >= 0.3 is 0 Å². The third-order valence-electron chi connectivity index (χ3n) is 3.18. The van der Waals surface area contributed by atoms with E-state index in [0.29, 0.717) is 6.54 Å². The summed E-state index contributed by atoms with van der Waals surface area (Å²) in [5, 5.41) is 12.9. The Bertz CT molecular complexity index is 482. The molecule has 0 aromatic heterocycles. The normalized spacial score (nSPS) is 12.3. The quantitative estimate of drug-likeness (QED) is 0.572. The van der Waals surface area contributed by atoms with Crippen molar-refractivity contribution in [2.24, 2.45) is 0 Å². The van der Waals surface area contributed by atoms with Gasteiger partial charge in [-0.25, -0.2) is 0 Å². The Morgan fingerprint density at radius 1 is 1.00 bits per heavy atom. The third kappa shape index (κ3) is 4.45. The Kier molecular flexibility index (Phi) is 6.29. The van der Waals surface area contributed by atoms with Crippen molar-refractivity contribution in [3.63, 3.8) is 0 Å². The van der Waals surface area contributed by atoms with Gasteiger partial charge in [-0.05, 0) is 58.0 Å². The molecule has 0 bridgehead atoms. The number of hydrogen-bond acceptors (Lipinski definition) is 2. The van der Waals surface area contributed by atoms with Gasteiger partial charge in [0.05, 0.1) is 6.61 Å². The lowest BCUT2D eigenvalue weighted by molar-refractivity contribution is 0.292. The molecule has 0 aliphatic rings. The SMILES string of the molecule is OCCNCC(c1ccc(Cl)cc1)c1ccc(I)cc1. The molecule has 0 aliphatic carbocycles. The van der Waals surface area contributed by atoms with E-state index in [4.69, 9.17) is 16.7 Å². The number of aliphatic hydroxyl groups is 1. The van der Waals surface area contributed by atoms with Gasteiger partial charge in [0.2, 0.25) is 0 Å². The van der Waals surface area contributed by atoms with Gasteiger partial charge < -0.3 is 10.4 Å². The molecule has 20 heavy (non-hydrogen) atoms. The van der Waals surface area contributed by atoms with E-state index in [-0.39, 0.29) is 12.5 Å². The number of rotatable bonds is 6. The van der Waals surface area contributed by atoms with E-state index in [0.717, 1.165) is 11.6 Å². The van der Waals surface area contributed by atoms with Crippen LogP contribution in [0.2, 0.25) is 5.02 Å². The van der Waals surface area contributed by atoms with E-state index >= 15 is 0 Å². The molecule has 2 rings (SSSR count). The Morgan fingerprint density at radius 3 is 2.10 bits per heavy atom. The van der Waals surface area contributed by atoms with Gasteiger partial charge in [-0.1, -0.05) is 35.9 Å². The van der Waals surface area contributed by atoms with Crippen LogP contribution in [-0.4, -0.2) is 24.8 Å². The Labute approximate surface area is 138 Å². The molecule has 0 saturated carbocycles. The molecule has 0 amide bonds. The predicted molar refractivity (Wildman–Crippen MR) is 92.4 cm³/mol. The van der Waals surface area contributed by atoms with Crippen molar-refractivity contribution in [2.45, 2.75) is 5.92 Å². The minimum absolute atomic E-state index is 0.153. The molecule has 2 nitrogen and oxygen atoms in total. The van der Waals surface area contributed by atoms with Crippen LogP contribution in [0.3, 0.4) is 0 Å². The minimum atomic E-state index is 0.153. The molecular formula is C16H17ClINO. The second-order valence-corrected chi connectivity index (χ2v) is 6.27. The van der Waals surface area contributed by atoms with Crippen LogP contribution in [0.4, 0.5) is 0 Å². The van der Waals surface area contributed by atoms with Crippen LogP contribution in [0.25, 0.3) is 0 Å². The maximum Gasteiger partial charge on any atom is 0.0555 e. The summed E-state index contributed by atoms with van der Waals surface area (Å²) in [5.41, 5.74) is 2.49. The largest absolute Gasteiger partial charge is 0.395 e. The van der Waals surface area contributed by atoms with Crippen LogP contribution >= 0.6 is 34.2 Å². The molecule has 0 spiro atoms. The highest BCUT2D eigenvalue weighted by Gasteiger charge is 2.13. The van der Waals surface area contributed by atoms with Crippen molar-refractivity contribution in [3.8, 4) is 0 Å². The number of halogens is 2. The average molecular weight is 402 g/mol. The van der Waals surface area contributed by atoms with Crippen LogP contribution in [0, 0.1) is 3.57 Å². The molecule has 2 N–H and O–H groups in total. The first kappa shape index (κ1) is 15.8. The van der Waals surface area contributed by atoms with Gasteiger partial charge in [0.15, 0.2) is 0 Å². The molecule has 2 aromatic carbocycles. The summed E-state index contributed by atoms with van der Waals surface area (Å²) in [4.78, 5) is 0. The highest BCUT2D eigenvalue weighted by molar-refractivity contribution is 14.1. The highest BCUT2D eigenvalue weighted by Crippen LogP contribution is 2.26. The minimum Gasteiger partial charge on any atom is -0.395 e.